The van der Waals surface area contributed by atoms with Crippen LogP contribution in [0.3, 0.4) is 0 Å². The number of aromatic nitrogens is 2. The Morgan fingerprint density at radius 2 is 1.72 bits per heavy atom. The van der Waals surface area contributed by atoms with Crippen LogP contribution in [0.15, 0.2) is 65.2 Å². The lowest BCUT2D eigenvalue weighted by Gasteiger charge is -2.10. The molecule has 0 atom stereocenters. The summed E-state index contributed by atoms with van der Waals surface area (Å²) in [5, 5.41) is 1.71. The van der Waals surface area contributed by atoms with Gasteiger partial charge in [-0.15, -0.1) is 0 Å². The van der Waals surface area contributed by atoms with E-state index >= 15 is 0 Å². The smallest absolute Gasteiger partial charge is 0.227 e. The first-order chi connectivity index (χ1) is 17.4. The van der Waals surface area contributed by atoms with Gasteiger partial charge in [-0.25, -0.2) is 4.98 Å². The van der Waals surface area contributed by atoms with Crippen LogP contribution >= 0.6 is 0 Å². The van der Waals surface area contributed by atoms with Gasteiger partial charge >= 0.3 is 0 Å². The summed E-state index contributed by atoms with van der Waals surface area (Å²) in [4.78, 5) is 9.35. The van der Waals surface area contributed by atoms with Crippen molar-refractivity contribution < 1.29 is 11.3 Å². The summed E-state index contributed by atoms with van der Waals surface area (Å²) in [5.74, 6) is -0.419. The van der Waals surface area contributed by atoms with Crippen molar-refractivity contribution in [3.05, 3.63) is 83.0 Å². The first-order valence-corrected chi connectivity index (χ1v) is 10.8. The largest absolute Gasteiger partial charge is 0.437 e. The van der Waals surface area contributed by atoms with Gasteiger partial charge in [0, 0.05) is 34.9 Å². The summed E-state index contributed by atoms with van der Waals surface area (Å²) in [6.45, 7) is 5.08. The molecule has 0 N–H and O–H groups in total. The highest BCUT2D eigenvalue weighted by atomic mass is 16.3. The Morgan fingerprint density at radius 1 is 0.938 bits per heavy atom. The molecule has 5 aromatic rings. The number of furan rings is 1. The van der Waals surface area contributed by atoms with E-state index in [1.165, 1.54) is 12.3 Å². The van der Waals surface area contributed by atoms with Crippen molar-refractivity contribution in [2.45, 2.75) is 40.9 Å². The maximum atomic E-state index is 8.49. The molecule has 5 rings (SSSR count). The molecule has 3 aromatic heterocycles. The van der Waals surface area contributed by atoms with E-state index in [4.69, 9.17) is 16.3 Å². The monoisotopic (exact) mass is 425 g/mol. The minimum Gasteiger partial charge on any atom is -0.437 e. The molecule has 0 bridgehead atoms. The zero-order chi connectivity index (χ0) is 26.7. The standard InChI is InChI=1S/C29H28N2O/c1-17(2)14-21-16-30-26(15-20(21)5)24-11-7-10-22-23-12-13-25(31-29(23)32-28(22)24)27-18(3)8-6-9-19(27)4/h6-13,15-17H,14H2,1-5H3/i5D3,14D2. The van der Waals surface area contributed by atoms with Crippen LogP contribution in [0.5, 0.6) is 0 Å². The molecule has 0 radical (unpaired) electrons. The average Bonchev–Trinajstić information content (AvgIpc) is 3.21. The Hall–Kier alpha value is -3.46. The summed E-state index contributed by atoms with van der Waals surface area (Å²) >= 11 is 0. The zero-order valence-electron chi connectivity index (χ0n) is 23.7. The molecule has 0 amide bonds. The number of nitrogens with zero attached hydrogens (tertiary/aromatic N) is 2. The van der Waals surface area contributed by atoms with Crippen molar-refractivity contribution in [2.24, 2.45) is 5.92 Å². The third kappa shape index (κ3) is 3.48. The normalized spacial score (nSPS) is 14.8. The van der Waals surface area contributed by atoms with Gasteiger partial charge in [0.15, 0.2) is 0 Å². The topological polar surface area (TPSA) is 38.9 Å². The molecule has 0 unspecified atom stereocenters. The first kappa shape index (κ1) is 15.4. The van der Waals surface area contributed by atoms with E-state index in [0.717, 1.165) is 33.2 Å². The number of aryl methyl sites for hydroxylation is 3. The molecule has 0 fully saturated rings. The van der Waals surface area contributed by atoms with Crippen molar-refractivity contribution in [1.29, 1.82) is 0 Å². The van der Waals surface area contributed by atoms with E-state index < -0.39 is 19.1 Å². The highest BCUT2D eigenvalue weighted by Crippen LogP contribution is 2.36. The SMILES string of the molecule is [2H]C([2H])([2H])c1cc(-c2cccc3c2oc2nc(-c4c(C)cccc4C)ccc23)ncc1C([2H])([2H])C(C)C. The van der Waals surface area contributed by atoms with Gasteiger partial charge in [-0.2, -0.15) is 0 Å². The molecule has 0 aliphatic rings. The van der Waals surface area contributed by atoms with Crippen LogP contribution < -0.4 is 0 Å². The van der Waals surface area contributed by atoms with E-state index in [0.29, 0.717) is 22.6 Å². The molecule has 0 saturated carbocycles. The molecule has 160 valence electrons. The summed E-state index contributed by atoms with van der Waals surface area (Å²) < 4.78 is 47.5. The maximum Gasteiger partial charge on any atom is 0.227 e. The lowest BCUT2D eigenvalue weighted by molar-refractivity contribution is 0.643. The molecule has 2 aromatic carbocycles. The molecule has 3 heterocycles. The third-order valence-corrected chi connectivity index (χ3v) is 5.73. The van der Waals surface area contributed by atoms with Crippen molar-refractivity contribution in [2.75, 3.05) is 0 Å². The van der Waals surface area contributed by atoms with Crippen molar-refractivity contribution in [3.8, 4) is 22.5 Å². The zero-order valence-corrected chi connectivity index (χ0v) is 18.7. The van der Waals surface area contributed by atoms with E-state index in [2.05, 4.69) is 31.0 Å². The minimum atomic E-state index is -2.50. The molecule has 0 spiro atoms. The molecule has 0 saturated heterocycles. The maximum absolute atomic E-state index is 8.49. The number of para-hydroxylation sites is 1. The first-order valence-electron chi connectivity index (χ1n) is 13.3. The van der Waals surface area contributed by atoms with Gasteiger partial charge < -0.3 is 4.42 Å². The van der Waals surface area contributed by atoms with Crippen LogP contribution in [-0.2, 0) is 6.37 Å². The molecule has 0 aliphatic heterocycles. The Morgan fingerprint density at radius 3 is 2.47 bits per heavy atom. The minimum absolute atomic E-state index is 0.0419. The second-order valence-electron chi connectivity index (χ2n) is 8.51. The van der Waals surface area contributed by atoms with Crippen molar-refractivity contribution >= 4 is 22.1 Å². The molecule has 3 nitrogen and oxygen atoms in total. The third-order valence-electron chi connectivity index (χ3n) is 5.73. The lowest BCUT2D eigenvalue weighted by atomic mass is 9.98. The van der Waals surface area contributed by atoms with Crippen LogP contribution in [-0.4, -0.2) is 9.97 Å². The number of fused-ring (bicyclic) bond motifs is 3. The fourth-order valence-corrected chi connectivity index (χ4v) is 4.27. The van der Waals surface area contributed by atoms with Gasteiger partial charge in [0.1, 0.15) is 5.58 Å². The fourth-order valence-electron chi connectivity index (χ4n) is 4.27. The number of pyridine rings is 2. The van der Waals surface area contributed by atoms with Gasteiger partial charge in [0.25, 0.3) is 0 Å². The quantitative estimate of drug-likeness (QED) is 0.294. The summed E-state index contributed by atoms with van der Waals surface area (Å²) in [6.07, 6.45) is -0.482. The van der Waals surface area contributed by atoms with Gasteiger partial charge in [0.2, 0.25) is 5.71 Å². The molecular weight excluding hydrogens is 392 g/mol. The fraction of sp³-hybridized carbons (Fsp3) is 0.241. The van der Waals surface area contributed by atoms with Gasteiger partial charge in [-0.3, -0.25) is 4.98 Å². The second kappa shape index (κ2) is 7.90. The Labute approximate surface area is 196 Å². The van der Waals surface area contributed by atoms with E-state index in [-0.39, 0.29) is 11.1 Å². The summed E-state index contributed by atoms with van der Waals surface area (Å²) in [5.41, 5.74) is 6.30. The Bertz CT molecular complexity index is 1630. The number of benzene rings is 2. The van der Waals surface area contributed by atoms with Gasteiger partial charge in [-0.1, -0.05) is 44.2 Å². The number of hydrogen-bond acceptors (Lipinski definition) is 3. The average molecular weight is 426 g/mol. The Balaban J connectivity index is 1.71. The lowest BCUT2D eigenvalue weighted by Crippen LogP contribution is -1.98. The van der Waals surface area contributed by atoms with Crippen molar-refractivity contribution in [1.82, 2.24) is 9.97 Å². The summed E-state index contributed by atoms with van der Waals surface area (Å²) in [6, 6.07) is 17.3. The van der Waals surface area contributed by atoms with Gasteiger partial charge in [0.05, 0.1) is 11.4 Å². The van der Waals surface area contributed by atoms with E-state index in [9.17, 15) is 0 Å². The highest BCUT2D eigenvalue weighted by Gasteiger charge is 2.16. The molecule has 32 heavy (non-hydrogen) atoms. The van der Waals surface area contributed by atoms with Crippen LogP contribution in [0, 0.1) is 26.6 Å². The number of hydrogen-bond donors (Lipinski definition) is 0. The van der Waals surface area contributed by atoms with Crippen LogP contribution in [0.25, 0.3) is 44.6 Å². The van der Waals surface area contributed by atoms with Gasteiger partial charge in [-0.05, 0) is 79.5 Å². The van der Waals surface area contributed by atoms with Crippen LogP contribution in [0.4, 0.5) is 0 Å². The summed E-state index contributed by atoms with van der Waals surface area (Å²) in [7, 11) is 0. The van der Waals surface area contributed by atoms with E-state index in [1.807, 2.05) is 36.4 Å². The second-order valence-corrected chi connectivity index (χ2v) is 8.51. The van der Waals surface area contributed by atoms with Crippen LogP contribution in [0.1, 0.15) is 43.0 Å². The highest BCUT2D eigenvalue weighted by molar-refractivity contribution is 6.08. The predicted octanol–water partition coefficient (Wildman–Crippen LogP) is 7.83. The van der Waals surface area contributed by atoms with Crippen LogP contribution in [0.2, 0.25) is 0 Å². The van der Waals surface area contributed by atoms with Crippen molar-refractivity contribution in [3.63, 3.8) is 0 Å². The molecule has 0 aliphatic carbocycles. The predicted molar refractivity (Wildman–Crippen MR) is 133 cm³/mol. The number of rotatable bonds is 4. The van der Waals surface area contributed by atoms with E-state index in [1.54, 1.807) is 13.8 Å². The molecular formula is C29H28N2O. The Kier molecular flexibility index (Phi) is 3.79. The molecule has 3 heteroatoms.